The molecule has 0 fully saturated rings. The smallest absolute Gasteiger partial charge is 0.274 e. The molecule has 0 spiro atoms. The lowest BCUT2D eigenvalue weighted by Gasteiger charge is -2.09. The first kappa shape index (κ1) is 18.2. The first-order valence-corrected chi connectivity index (χ1v) is 8.04. The maximum atomic E-state index is 13.7. The number of nitrogens with one attached hydrogen (secondary N) is 2. The number of hydrogen-bond donors (Lipinski definition) is 2. The van der Waals surface area contributed by atoms with Gasteiger partial charge in [0.25, 0.3) is 11.8 Å². The lowest BCUT2D eigenvalue weighted by Crippen LogP contribution is -2.19. The predicted molar refractivity (Wildman–Crippen MR) is 97.7 cm³/mol. The quantitative estimate of drug-likeness (QED) is 0.727. The topological polar surface area (TPSA) is 71.1 Å². The summed E-state index contributed by atoms with van der Waals surface area (Å²) in [6.45, 7) is 1.89. The highest BCUT2D eigenvalue weighted by Gasteiger charge is 2.16. The van der Waals surface area contributed by atoms with Crippen LogP contribution >= 0.6 is 0 Å². The molecular formula is C20H15F2N3O2. The molecule has 0 radical (unpaired) electrons. The fourth-order valence-corrected chi connectivity index (χ4v) is 2.40. The maximum Gasteiger partial charge on any atom is 0.274 e. The van der Waals surface area contributed by atoms with Gasteiger partial charge < -0.3 is 10.6 Å². The minimum atomic E-state index is -0.906. The van der Waals surface area contributed by atoms with E-state index in [1.54, 1.807) is 18.2 Å². The number of pyridine rings is 1. The molecule has 3 aromatic rings. The van der Waals surface area contributed by atoms with Gasteiger partial charge in [0.1, 0.15) is 28.7 Å². The lowest BCUT2D eigenvalue weighted by molar-refractivity contribution is 0.101. The molecule has 2 N–H and O–H groups in total. The van der Waals surface area contributed by atoms with Crippen LogP contribution in [0.3, 0.4) is 0 Å². The molecule has 1 heterocycles. The fourth-order valence-electron chi connectivity index (χ4n) is 2.40. The predicted octanol–water partition coefficient (Wildman–Crippen LogP) is 4.17. The van der Waals surface area contributed by atoms with Gasteiger partial charge in [0, 0.05) is 5.69 Å². The number of carbonyl (C=O) groups excluding carboxylic acids is 2. The first-order chi connectivity index (χ1) is 12.9. The summed E-state index contributed by atoms with van der Waals surface area (Å²) < 4.78 is 27.3. The third-order valence-electron chi connectivity index (χ3n) is 3.69. The Balaban J connectivity index is 1.78. The van der Waals surface area contributed by atoms with Crippen molar-refractivity contribution in [1.29, 1.82) is 0 Å². The van der Waals surface area contributed by atoms with E-state index in [4.69, 9.17) is 0 Å². The highest BCUT2D eigenvalue weighted by molar-refractivity contribution is 6.06. The molecule has 0 saturated carbocycles. The Labute approximate surface area is 154 Å². The summed E-state index contributed by atoms with van der Waals surface area (Å²) >= 11 is 0. The Bertz CT molecular complexity index is 1000. The minimum absolute atomic E-state index is 0.00170. The Hall–Kier alpha value is -3.61. The number of aromatic nitrogens is 1. The van der Waals surface area contributed by atoms with Crippen molar-refractivity contribution >= 4 is 23.2 Å². The zero-order chi connectivity index (χ0) is 19.4. The Morgan fingerprint density at radius 2 is 1.37 bits per heavy atom. The summed E-state index contributed by atoms with van der Waals surface area (Å²) in [4.78, 5) is 28.6. The number of rotatable bonds is 4. The fraction of sp³-hybridized carbons (Fsp3) is 0.0500. The van der Waals surface area contributed by atoms with E-state index >= 15 is 0 Å². The molecule has 7 heteroatoms. The summed E-state index contributed by atoms with van der Waals surface area (Å²) in [5.41, 5.74) is 0.845. The van der Waals surface area contributed by atoms with Gasteiger partial charge in [0.15, 0.2) is 0 Å². The van der Waals surface area contributed by atoms with Crippen LogP contribution in [0.25, 0.3) is 0 Å². The minimum Gasteiger partial charge on any atom is -0.321 e. The van der Waals surface area contributed by atoms with E-state index in [9.17, 15) is 18.4 Å². The number of anilines is 2. The van der Waals surface area contributed by atoms with Crippen LogP contribution in [-0.2, 0) is 0 Å². The molecular weight excluding hydrogens is 352 g/mol. The van der Waals surface area contributed by atoms with Crippen LogP contribution in [0, 0.1) is 18.6 Å². The standard InChI is InChI=1S/C20H15F2N3O2/c1-12-5-2-6-13(11-12)23-19(26)16-9-4-10-17(24-16)20(27)25-18-14(21)7-3-8-15(18)22/h2-11H,1H3,(H,23,26)(H,25,27). The second-order valence-corrected chi connectivity index (χ2v) is 5.78. The molecule has 1 aromatic heterocycles. The SMILES string of the molecule is Cc1cccc(NC(=O)c2cccc(C(=O)Nc3c(F)cccc3F)n2)c1. The van der Waals surface area contributed by atoms with Crippen LogP contribution in [0.4, 0.5) is 20.2 Å². The molecule has 0 saturated heterocycles. The van der Waals surface area contributed by atoms with Crippen molar-refractivity contribution in [3.8, 4) is 0 Å². The molecule has 0 unspecified atom stereocenters. The van der Waals surface area contributed by atoms with Gasteiger partial charge in [0.05, 0.1) is 0 Å². The van der Waals surface area contributed by atoms with E-state index in [-0.39, 0.29) is 11.4 Å². The molecule has 2 aromatic carbocycles. The summed E-state index contributed by atoms with van der Waals surface area (Å²) in [5, 5.41) is 4.81. The summed E-state index contributed by atoms with van der Waals surface area (Å²) in [7, 11) is 0. The van der Waals surface area contributed by atoms with Crippen LogP contribution < -0.4 is 10.6 Å². The summed E-state index contributed by atoms with van der Waals surface area (Å²) in [6.07, 6.45) is 0. The van der Waals surface area contributed by atoms with Gasteiger partial charge in [-0.3, -0.25) is 9.59 Å². The van der Waals surface area contributed by atoms with E-state index in [1.807, 2.05) is 13.0 Å². The van der Waals surface area contributed by atoms with E-state index in [1.165, 1.54) is 24.3 Å². The number of carbonyl (C=O) groups is 2. The van der Waals surface area contributed by atoms with Crippen molar-refractivity contribution in [2.75, 3.05) is 10.6 Å². The first-order valence-electron chi connectivity index (χ1n) is 8.04. The van der Waals surface area contributed by atoms with E-state index in [0.29, 0.717) is 5.69 Å². The number of hydrogen-bond acceptors (Lipinski definition) is 3. The number of halogens is 2. The lowest BCUT2D eigenvalue weighted by atomic mass is 10.2. The van der Waals surface area contributed by atoms with E-state index in [0.717, 1.165) is 17.7 Å². The van der Waals surface area contributed by atoms with Crippen molar-refractivity contribution in [2.24, 2.45) is 0 Å². The zero-order valence-corrected chi connectivity index (χ0v) is 14.3. The van der Waals surface area contributed by atoms with Crippen LogP contribution in [-0.4, -0.2) is 16.8 Å². The molecule has 27 heavy (non-hydrogen) atoms. The van der Waals surface area contributed by atoms with Gasteiger partial charge in [-0.2, -0.15) is 0 Å². The monoisotopic (exact) mass is 367 g/mol. The normalized spacial score (nSPS) is 10.3. The van der Waals surface area contributed by atoms with Gasteiger partial charge in [0.2, 0.25) is 0 Å². The summed E-state index contributed by atoms with van der Waals surface area (Å²) in [6, 6.07) is 14.7. The van der Waals surface area contributed by atoms with Gasteiger partial charge in [-0.25, -0.2) is 13.8 Å². The Morgan fingerprint density at radius 3 is 2.00 bits per heavy atom. The van der Waals surface area contributed by atoms with Crippen LogP contribution in [0.2, 0.25) is 0 Å². The number of para-hydroxylation sites is 1. The van der Waals surface area contributed by atoms with Crippen LogP contribution in [0.15, 0.2) is 60.7 Å². The van der Waals surface area contributed by atoms with Crippen molar-refractivity contribution in [1.82, 2.24) is 4.98 Å². The molecule has 3 rings (SSSR count). The largest absolute Gasteiger partial charge is 0.321 e. The average molecular weight is 367 g/mol. The highest BCUT2D eigenvalue weighted by Crippen LogP contribution is 2.19. The molecule has 5 nitrogen and oxygen atoms in total. The Morgan fingerprint density at radius 1 is 0.815 bits per heavy atom. The van der Waals surface area contributed by atoms with Crippen molar-refractivity contribution < 1.29 is 18.4 Å². The second-order valence-electron chi connectivity index (χ2n) is 5.78. The van der Waals surface area contributed by atoms with Gasteiger partial charge in [-0.1, -0.05) is 24.3 Å². The molecule has 0 aliphatic heterocycles. The van der Waals surface area contributed by atoms with Gasteiger partial charge in [-0.05, 0) is 48.9 Å². The van der Waals surface area contributed by atoms with Crippen LogP contribution in [0.5, 0.6) is 0 Å². The van der Waals surface area contributed by atoms with E-state index in [2.05, 4.69) is 15.6 Å². The van der Waals surface area contributed by atoms with Gasteiger partial charge in [-0.15, -0.1) is 0 Å². The van der Waals surface area contributed by atoms with Gasteiger partial charge >= 0.3 is 0 Å². The molecule has 2 amide bonds. The summed E-state index contributed by atoms with van der Waals surface area (Å²) in [5.74, 6) is -3.15. The van der Waals surface area contributed by atoms with Crippen molar-refractivity contribution in [2.45, 2.75) is 6.92 Å². The highest BCUT2D eigenvalue weighted by atomic mass is 19.1. The molecule has 0 atom stereocenters. The number of amides is 2. The molecule has 136 valence electrons. The van der Waals surface area contributed by atoms with E-state index < -0.39 is 29.1 Å². The third kappa shape index (κ3) is 4.33. The molecule has 0 aliphatic carbocycles. The Kier molecular flexibility index (Phi) is 5.21. The molecule has 0 bridgehead atoms. The number of benzene rings is 2. The third-order valence-corrected chi connectivity index (χ3v) is 3.69. The number of nitrogens with zero attached hydrogens (tertiary/aromatic N) is 1. The van der Waals surface area contributed by atoms with Crippen molar-refractivity contribution in [3.05, 3.63) is 89.2 Å². The zero-order valence-electron chi connectivity index (χ0n) is 14.3. The van der Waals surface area contributed by atoms with Crippen LogP contribution in [0.1, 0.15) is 26.5 Å². The second kappa shape index (κ2) is 7.74. The van der Waals surface area contributed by atoms with Crippen molar-refractivity contribution in [3.63, 3.8) is 0 Å². The molecule has 0 aliphatic rings. The average Bonchev–Trinajstić information content (AvgIpc) is 2.65. The maximum absolute atomic E-state index is 13.7. The number of aryl methyl sites for hydroxylation is 1.